The van der Waals surface area contributed by atoms with Crippen molar-refractivity contribution in [1.29, 1.82) is 10.7 Å². The second-order valence-electron chi connectivity index (χ2n) is 4.30. The largest absolute Gasteiger partial charge is 0.457 e. The highest BCUT2D eigenvalue weighted by Gasteiger charge is 2.24. The maximum atomic E-state index is 11.6. The first-order chi connectivity index (χ1) is 8.56. The molecule has 0 amide bonds. The lowest BCUT2D eigenvalue weighted by atomic mass is 9.94. The van der Waals surface area contributed by atoms with Gasteiger partial charge in [-0.3, -0.25) is 9.59 Å². The zero-order chi connectivity index (χ0) is 13.5. The number of ketones is 1. The Morgan fingerprint density at radius 2 is 2.28 bits per heavy atom. The van der Waals surface area contributed by atoms with Crippen LogP contribution in [0.2, 0.25) is 0 Å². The molecule has 2 atom stereocenters. The van der Waals surface area contributed by atoms with Crippen LogP contribution in [0.4, 0.5) is 0 Å². The lowest BCUT2D eigenvalue weighted by molar-refractivity contribution is -0.152. The number of rotatable bonds is 5. The molecule has 1 aliphatic carbocycles. The summed E-state index contributed by atoms with van der Waals surface area (Å²) in [6.07, 6.45) is 6.15. The average Bonchev–Trinajstić information content (AvgIpc) is 2.37. The van der Waals surface area contributed by atoms with E-state index in [-0.39, 0.29) is 11.6 Å². The number of hydrogen-bond acceptors (Lipinski definition) is 5. The zero-order valence-corrected chi connectivity index (χ0v) is 10.3. The van der Waals surface area contributed by atoms with Crippen LogP contribution in [0.1, 0.15) is 26.2 Å². The van der Waals surface area contributed by atoms with E-state index < -0.39 is 24.3 Å². The Bertz CT molecular complexity index is 420. The minimum absolute atomic E-state index is 0.0286. The Balaban J connectivity index is 2.43. The van der Waals surface area contributed by atoms with Crippen LogP contribution in [-0.4, -0.2) is 24.1 Å². The SMILES string of the molecule is CC(=N)C(C#N)C(=O)COC(=O)[C@H]1CC=CCC1. The molecule has 0 bridgehead atoms. The van der Waals surface area contributed by atoms with Crippen molar-refractivity contribution in [2.24, 2.45) is 11.8 Å². The number of carbonyl (C=O) groups excluding carboxylic acids is 2. The molecule has 0 aliphatic heterocycles. The van der Waals surface area contributed by atoms with E-state index in [0.717, 1.165) is 12.8 Å². The van der Waals surface area contributed by atoms with Gasteiger partial charge in [-0.05, 0) is 26.2 Å². The van der Waals surface area contributed by atoms with Crippen LogP contribution in [0.3, 0.4) is 0 Å². The molecular weight excluding hydrogens is 232 g/mol. The van der Waals surface area contributed by atoms with E-state index in [4.69, 9.17) is 15.4 Å². The Hall–Kier alpha value is -1.96. The third kappa shape index (κ3) is 3.81. The van der Waals surface area contributed by atoms with E-state index >= 15 is 0 Å². The fraction of sp³-hybridized carbons (Fsp3) is 0.538. The molecule has 1 rings (SSSR count). The lowest BCUT2D eigenvalue weighted by Crippen LogP contribution is -2.28. The summed E-state index contributed by atoms with van der Waals surface area (Å²) in [6, 6.07) is 1.73. The van der Waals surface area contributed by atoms with Crippen molar-refractivity contribution in [3.05, 3.63) is 12.2 Å². The molecule has 96 valence electrons. The Morgan fingerprint density at radius 1 is 1.56 bits per heavy atom. The summed E-state index contributed by atoms with van der Waals surface area (Å²) in [7, 11) is 0. The number of hydrogen-bond donors (Lipinski definition) is 1. The first-order valence-electron chi connectivity index (χ1n) is 5.85. The molecular formula is C13H16N2O3. The van der Waals surface area contributed by atoms with Crippen LogP contribution in [0, 0.1) is 28.6 Å². The molecule has 5 heteroatoms. The van der Waals surface area contributed by atoms with E-state index in [1.807, 2.05) is 12.2 Å². The number of Topliss-reactive ketones (excluding diaryl/α,β-unsaturated/α-hetero) is 1. The van der Waals surface area contributed by atoms with Crippen LogP contribution in [0.5, 0.6) is 0 Å². The van der Waals surface area contributed by atoms with Crippen molar-refractivity contribution in [1.82, 2.24) is 0 Å². The van der Waals surface area contributed by atoms with Crippen molar-refractivity contribution in [3.8, 4) is 6.07 Å². The van der Waals surface area contributed by atoms with Gasteiger partial charge in [0.25, 0.3) is 0 Å². The normalized spacial score (nSPS) is 19.7. The van der Waals surface area contributed by atoms with Gasteiger partial charge in [0.2, 0.25) is 0 Å². The quantitative estimate of drug-likeness (QED) is 0.455. The fourth-order valence-corrected chi connectivity index (χ4v) is 1.76. The number of ether oxygens (including phenoxy) is 1. The third-order valence-corrected chi connectivity index (χ3v) is 2.84. The Kier molecular flexibility index (Phi) is 5.25. The van der Waals surface area contributed by atoms with Gasteiger partial charge in [-0.15, -0.1) is 0 Å². The Labute approximate surface area is 106 Å². The van der Waals surface area contributed by atoms with Crippen LogP contribution in [0.15, 0.2) is 12.2 Å². The zero-order valence-electron chi connectivity index (χ0n) is 10.3. The molecule has 1 N–H and O–H groups in total. The minimum Gasteiger partial charge on any atom is -0.457 e. The summed E-state index contributed by atoms with van der Waals surface area (Å²) in [5, 5.41) is 16.0. The molecule has 0 spiro atoms. The first-order valence-corrected chi connectivity index (χ1v) is 5.85. The van der Waals surface area contributed by atoms with Crippen molar-refractivity contribution in [2.75, 3.05) is 6.61 Å². The number of allylic oxidation sites excluding steroid dienone is 2. The smallest absolute Gasteiger partial charge is 0.309 e. The van der Waals surface area contributed by atoms with Crippen molar-refractivity contribution in [2.45, 2.75) is 26.2 Å². The Morgan fingerprint density at radius 3 is 2.78 bits per heavy atom. The molecule has 0 radical (unpaired) electrons. The lowest BCUT2D eigenvalue weighted by Gasteiger charge is -2.16. The minimum atomic E-state index is -1.11. The number of nitriles is 1. The van der Waals surface area contributed by atoms with Gasteiger partial charge in [-0.2, -0.15) is 5.26 Å². The predicted molar refractivity (Wildman–Crippen MR) is 65.0 cm³/mol. The number of nitrogens with zero attached hydrogens (tertiary/aromatic N) is 1. The van der Waals surface area contributed by atoms with Gasteiger partial charge in [0, 0.05) is 5.71 Å². The summed E-state index contributed by atoms with van der Waals surface area (Å²) in [5.74, 6) is -2.23. The van der Waals surface area contributed by atoms with Crippen molar-refractivity contribution < 1.29 is 14.3 Å². The second-order valence-corrected chi connectivity index (χ2v) is 4.30. The van der Waals surface area contributed by atoms with Gasteiger partial charge in [-0.1, -0.05) is 12.2 Å². The molecule has 5 nitrogen and oxygen atoms in total. The molecule has 0 heterocycles. The number of esters is 1. The van der Waals surface area contributed by atoms with Crippen LogP contribution in [0.25, 0.3) is 0 Å². The maximum Gasteiger partial charge on any atom is 0.309 e. The second kappa shape index (κ2) is 6.70. The first kappa shape index (κ1) is 14.1. The van der Waals surface area contributed by atoms with E-state index in [2.05, 4.69) is 0 Å². The predicted octanol–water partition coefficient (Wildman–Crippen LogP) is 1.63. The molecule has 0 aromatic rings. The van der Waals surface area contributed by atoms with Gasteiger partial charge >= 0.3 is 5.97 Å². The highest BCUT2D eigenvalue weighted by atomic mass is 16.5. The number of nitrogens with one attached hydrogen (secondary N) is 1. The van der Waals surface area contributed by atoms with E-state index in [9.17, 15) is 9.59 Å². The highest BCUT2D eigenvalue weighted by Crippen LogP contribution is 2.19. The van der Waals surface area contributed by atoms with Gasteiger partial charge < -0.3 is 10.1 Å². The van der Waals surface area contributed by atoms with E-state index in [1.165, 1.54) is 6.92 Å². The summed E-state index contributed by atoms with van der Waals surface area (Å²) < 4.78 is 4.91. The summed E-state index contributed by atoms with van der Waals surface area (Å²) in [4.78, 5) is 23.2. The number of carbonyl (C=O) groups is 2. The molecule has 0 saturated carbocycles. The summed E-state index contributed by atoms with van der Waals surface area (Å²) in [6.45, 7) is 0.965. The molecule has 1 aliphatic rings. The van der Waals surface area contributed by atoms with Gasteiger partial charge in [-0.25, -0.2) is 0 Å². The standard InChI is InChI=1S/C13H16N2O3/c1-9(15)11(7-14)12(16)8-18-13(17)10-5-3-2-4-6-10/h2-3,10-11,15H,4-6,8H2,1H3/t10-,11?/m0/s1. The topological polar surface area (TPSA) is 91.0 Å². The maximum absolute atomic E-state index is 11.6. The fourth-order valence-electron chi connectivity index (χ4n) is 1.76. The average molecular weight is 248 g/mol. The molecule has 0 fully saturated rings. The van der Waals surface area contributed by atoms with Gasteiger partial charge in [0.1, 0.15) is 5.92 Å². The molecule has 0 saturated heterocycles. The van der Waals surface area contributed by atoms with E-state index in [1.54, 1.807) is 6.07 Å². The monoisotopic (exact) mass is 248 g/mol. The van der Waals surface area contributed by atoms with E-state index in [0.29, 0.717) is 6.42 Å². The van der Waals surface area contributed by atoms with Crippen molar-refractivity contribution in [3.63, 3.8) is 0 Å². The summed E-state index contributed by atoms with van der Waals surface area (Å²) in [5.41, 5.74) is -0.0286. The highest BCUT2D eigenvalue weighted by molar-refractivity contribution is 6.06. The summed E-state index contributed by atoms with van der Waals surface area (Å²) >= 11 is 0. The third-order valence-electron chi connectivity index (χ3n) is 2.84. The van der Waals surface area contributed by atoms with Crippen LogP contribution in [-0.2, 0) is 14.3 Å². The molecule has 0 aromatic heterocycles. The molecule has 1 unspecified atom stereocenters. The van der Waals surface area contributed by atoms with Crippen molar-refractivity contribution >= 4 is 17.5 Å². The van der Waals surface area contributed by atoms with Crippen LogP contribution >= 0.6 is 0 Å². The molecule has 18 heavy (non-hydrogen) atoms. The van der Waals surface area contributed by atoms with Gasteiger partial charge in [0.05, 0.1) is 12.0 Å². The van der Waals surface area contributed by atoms with Gasteiger partial charge in [0.15, 0.2) is 12.4 Å². The molecule has 0 aromatic carbocycles. The van der Waals surface area contributed by atoms with Crippen LogP contribution < -0.4 is 0 Å².